The molecule has 0 saturated heterocycles. The Bertz CT molecular complexity index is 230. The fourth-order valence-corrected chi connectivity index (χ4v) is 0.779. The predicted molar refractivity (Wildman–Crippen MR) is 33.4 cm³/mol. The van der Waals surface area contributed by atoms with Crippen molar-refractivity contribution in [2.24, 2.45) is 0 Å². The molecule has 0 aliphatic rings. The molecule has 9 heteroatoms. The lowest BCUT2D eigenvalue weighted by atomic mass is 10.3. The van der Waals surface area contributed by atoms with Crippen LogP contribution in [0.15, 0.2) is 0 Å². The zero-order valence-corrected chi connectivity index (χ0v) is 7.01. The van der Waals surface area contributed by atoms with Gasteiger partial charge < -0.3 is 4.52 Å². The van der Waals surface area contributed by atoms with Crippen LogP contribution in [0.2, 0.25) is 0 Å². The third-order valence-electron chi connectivity index (χ3n) is 0.833. The van der Waals surface area contributed by atoms with Crippen LogP contribution in [0.3, 0.4) is 0 Å². The molecule has 0 aromatic heterocycles. The average Bonchev–Trinajstić information content (AvgIpc) is 1.78. The van der Waals surface area contributed by atoms with Gasteiger partial charge in [-0.15, -0.1) is 0 Å². The summed E-state index contributed by atoms with van der Waals surface area (Å²) in [7, 11) is -5.02. The van der Waals surface area contributed by atoms with Gasteiger partial charge >= 0.3 is 20.0 Å². The number of phosphoric ester groups is 1. The van der Waals surface area contributed by atoms with Crippen molar-refractivity contribution in [1.29, 1.82) is 0 Å². The standard InChI is InChI=1S/C4H6F3O5P/c5-4(6,7)2-1-3(8)12-13(9,10)11/h1-2H2,(H2,9,10,11). The van der Waals surface area contributed by atoms with Gasteiger partial charge in [0.05, 0.1) is 12.8 Å². The van der Waals surface area contributed by atoms with Crippen LogP contribution in [-0.2, 0) is 13.9 Å². The van der Waals surface area contributed by atoms with Crippen LogP contribution in [-0.4, -0.2) is 21.9 Å². The van der Waals surface area contributed by atoms with Crippen LogP contribution in [0, 0.1) is 0 Å². The molecule has 0 spiro atoms. The van der Waals surface area contributed by atoms with Gasteiger partial charge in [-0.05, 0) is 0 Å². The molecule has 0 aliphatic carbocycles. The first kappa shape index (κ1) is 12.4. The highest BCUT2D eigenvalue weighted by atomic mass is 31.2. The molecule has 13 heavy (non-hydrogen) atoms. The Labute approximate surface area is 70.7 Å². The molecule has 0 bridgehead atoms. The fourth-order valence-electron chi connectivity index (χ4n) is 0.422. The largest absolute Gasteiger partial charge is 0.526 e. The van der Waals surface area contributed by atoms with Crippen molar-refractivity contribution in [2.75, 3.05) is 0 Å². The summed E-state index contributed by atoms with van der Waals surface area (Å²) in [6.07, 6.45) is -7.12. The monoisotopic (exact) mass is 222 g/mol. The van der Waals surface area contributed by atoms with Crippen molar-refractivity contribution in [2.45, 2.75) is 19.0 Å². The Morgan fingerprint density at radius 2 is 1.85 bits per heavy atom. The van der Waals surface area contributed by atoms with Crippen molar-refractivity contribution in [3.05, 3.63) is 0 Å². The Morgan fingerprint density at radius 1 is 1.38 bits per heavy atom. The molecule has 0 aliphatic heterocycles. The minimum absolute atomic E-state index is 1.10. The van der Waals surface area contributed by atoms with E-state index in [4.69, 9.17) is 9.79 Å². The van der Waals surface area contributed by atoms with Gasteiger partial charge in [0.25, 0.3) is 0 Å². The lowest BCUT2D eigenvalue weighted by molar-refractivity contribution is -0.152. The third kappa shape index (κ3) is 9.32. The van der Waals surface area contributed by atoms with Gasteiger partial charge in [-0.2, -0.15) is 13.2 Å². The number of rotatable bonds is 3. The lowest BCUT2D eigenvalue weighted by Crippen LogP contribution is -2.11. The highest BCUT2D eigenvalue weighted by Crippen LogP contribution is 2.36. The summed E-state index contributed by atoms with van der Waals surface area (Å²) in [5.74, 6) is -1.58. The maximum atomic E-state index is 11.4. The Balaban J connectivity index is 3.85. The van der Waals surface area contributed by atoms with E-state index in [9.17, 15) is 22.5 Å². The Kier molecular flexibility index (Phi) is 3.89. The van der Waals surface area contributed by atoms with E-state index < -0.39 is 32.8 Å². The number of carbonyl (C=O) groups is 1. The first-order chi connectivity index (χ1) is 5.60. The van der Waals surface area contributed by atoms with Gasteiger partial charge in [0.15, 0.2) is 0 Å². The van der Waals surface area contributed by atoms with E-state index in [0.29, 0.717) is 0 Å². The first-order valence-corrected chi connectivity index (χ1v) is 4.48. The molecule has 2 N–H and O–H groups in total. The second-order valence-corrected chi connectivity index (χ2v) is 3.23. The summed E-state index contributed by atoms with van der Waals surface area (Å²) < 4.78 is 47.6. The maximum Gasteiger partial charge on any atom is 0.526 e. The Hall–Kier alpha value is -0.590. The third-order valence-corrected chi connectivity index (χ3v) is 1.27. The number of phosphoric acid groups is 1. The maximum absolute atomic E-state index is 11.4. The fraction of sp³-hybridized carbons (Fsp3) is 0.750. The van der Waals surface area contributed by atoms with Crippen molar-refractivity contribution in [1.82, 2.24) is 0 Å². The van der Waals surface area contributed by atoms with Crippen molar-refractivity contribution in [3.63, 3.8) is 0 Å². The zero-order chi connectivity index (χ0) is 10.7. The second kappa shape index (κ2) is 4.08. The van der Waals surface area contributed by atoms with Crippen LogP contribution in [0.1, 0.15) is 12.8 Å². The Morgan fingerprint density at radius 3 is 2.15 bits per heavy atom. The van der Waals surface area contributed by atoms with Crippen LogP contribution in [0.4, 0.5) is 13.2 Å². The average molecular weight is 222 g/mol. The number of hydrogen-bond acceptors (Lipinski definition) is 3. The van der Waals surface area contributed by atoms with Gasteiger partial charge in [-0.1, -0.05) is 0 Å². The molecule has 0 aromatic carbocycles. The summed E-state index contributed by atoms with van der Waals surface area (Å²) in [5.41, 5.74) is 0. The number of carbonyl (C=O) groups excluding carboxylic acids is 1. The molecule has 0 amide bonds. The van der Waals surface area contributed by atoms with Crippen molar-refractivity contribution < 1.29 is 36.8 Å². The molecular formula is C4H6F3O5P. The molecule has 0 aromatic rings. The van der Waals surface area contributed by atoms with Gasteiger partial charge in [-0.25, -0.2) is 4.57 Å². The smallest absolute Gasteiger partial charge is 0.371 e. The molecule has 0 heterocycles. The molecule has 5 nitrogen and oxygen atoms in total. The van der Waals surface area contributed by atoms with E-state index in [-0.39, 0.29) is 0 Å². The molecule has 0 fully saturated rings. The van der Waals surface area contributed by atoms with Gasteiger partial charge in [0, 0.05) is 0 Å². The van der Waals surface area contributed by atoms with E-state index >= 15 is 0 Å². The summed E-state index contributed by atoms with van der Waals surface area (Å²) in [6.45, 7) is 0. The normalized spacial score (nSPS) is 12.7. The number of hydrogen-bond donors (Lipinski definition) is 2. The van der Waals surface area contributed by atoms with E-state index in [2.05, 4.69) is 4.52 Å². The van der Waals surface area contributed by atoms with Gasteiger partial charge in [-0.3, -0.25) is 14.6 Å². The highest BCUT2D eigenvalue weighted by Gasteiger charge is 2.30. The van der Waals surface area contributed by atoms with E-state index in [1.807, 2.05) is 0 Å². The van der Waals surface area contributed by atoms with Gasteiger partial charge in [0.1, 0.15) is 0 Å². The highest BCUT2D eigenvalue weighted by molar-refractivity contribution is 7.46. The molecule has 0 saturated carbocycles. The molecule has 0 unspecified atom stereocenters. The summed E-state index contributed by atoms with van der Waals surface area (Å²) in [6, 6.07) is 0. The van der Waals surface area contributed by atoms with Crippen molar-refractivity contribution in [3.8, 4) is 0 Å². The van der Waals surface area contributed by atoms with Crippen LogP contribution in [0.5, 0.6) is 0 Å². The van der Waals surface area contributed by atoms with Crippen molar-refractivity contribution >= 4 is 13.8 Å². The first-order valence-electron chi connectivity index (χ1n) is 2.95. The number of alkyl halides is 3. The summed E-state index contributed by atoms with van der Waals surface area (Å²) >= 11 is 0. The minimum atomic E-state index is -5.02. The molecular weight excluding hydrogens is 216 g/mol. The topological polar surface area (TPSA) is 83.8 Å². The summed E-state index contributed by atoms with van der Waals surface area (Å²) in [4.78, 5) is 26.3. The summed E-state index contributed by atoms with van der Waals surface area (Å²) in [5, 5.41) is 0. The molecule has 78 valence electrons. The SMILES string of the molecule is O=C(CCC(F)(F)F)OP(=O)(O)O. The number of halogens is 3. The van der Waals surface area contributed by atoms with Crippen LogP contribution >= 0.6 is 7.82 Å². The second-order valence-electron chi connectivity index (χ2n) is 2.07. The van der Waals surface area contributed by atoms with E-state index in [1.54, 1.807) is 0 Å². The molecule has 0 atom stereocenters. The van der Waals surface area contributed by atoms with Gasteiger partial charge in [0.2, 0.25) is 0 Å². The molecule has 0 radical (unpaired) electrons. The van der Waals surface area contributed by atoms with Crippen LogP contribution < -0.4 is 0 Å². The lowest BCUT2D eigenvalue weighted by Gasteiger charge is -2.06. The van der Waals surface area contributed by atoms with E-state index in [0.717, 1.165) is 0 Å². The molecule has 0 rings (SSSR count). The predicted octanol–water partition coefficient (Wildman–Crippen LogP) is 0.965. The van der Waals surface area contributed by atoms with E-state index in [1.165, 1.54) is 0 Å². The van der Waals surface area contributed by atoms with Crippen LogP contribution in [0.25, 0.3) is 0 Å². The zero-order valence-electron chi connectivity index (χ0n) is 6.11. The minimum Gasteiger partial charge on any atom is -0.371 e. The quantitative estimate of drug-likeness (QED) is 0.695.